The number of nitrogens with zero attached hydrogens (tertiary/aromatic N) is 3. The van der Waals surface area contributed by atoms with E-state index in [0.717, 1.165) is 38.6 Å². The molecule has 236 valence electrons. The van der Waals surface area contributed by atoms with E-state index in [9.17, 15) is 0 Å². The van der Waals surface area contributed by atoms with E-state index in [1.807, 2.05) is 54.6 Å². The number of furan rings is 1. The predicted octanol–water partition coefficient (Wildman–Crippen LogP) is 11.7. The molecule has 49 heavy (non-hydrogen) atoms. The van der Waals surface area contributed by atoms with Crippen LogP contribution in [0.2, 0.25) is 0 Å². The molecule has 1 aliphatic rings. The van der Waals surface area contributed by atoms with Crippen LogP contribution in [0.3, 0.4) is 0 Å². The summed E-state index contributed by atoms with van der Waals surface area (Å²) in [4.78, 5) is 15.2. The van der Waals surface area contributed by atoms with Crippen molar-refractivity contribution in [3.8, 4) is 56.4 Å². The second-order valence-electron chi connectivity index (χ2n) is 14.1. The highest BCUT2D eigenvalue weighted by Crippen LogP contribution is 2.56. The number of hydrogen-bond acceptors (Lipinski definition) is 4. The fourth-order valence-corrected chi connectivity index (χ4v) is 7.62. The monoisotopic (exact) mass is 633 g/mol. The lowest BCUT2D eigenvalue weighted by molar-refractivity contribution is 0.300. The summed E-state index contributed by atoms with van der Waals surface area (Å²) in [6.45, 7) is 9.52. The van der Waals surface area contributed by atoms with E-state index in [-0.39, 0.29) is 10.8 Å². The van der Waals surface area contributed by atoms with Gasteiger partial charge in [-0.05, 0) is 63.1 Å². The zero-order valence-corrected chi connectivity index (χ0v) is 28.0. The van der Waals surface area contributed by atoms with Crippen molar-refractivity contribution < 1.29 is 4.42 Å². The molecule has 0 saturated carbocycles. The molecule has 4 nitrogen and oxygen atoms in total. The van der Waals surface area contributed by atoms with Gasteiger partial charge in [0, 0.05) is 32.9 Å². The van der Waals surface area contributed by atoms with Crippen molar-refractivity contribution in [3.05, 3.63) is 151 Å². The van der Waals surface area contributed by atoms with Crippen LogP contribution in [-0.2, 0) is 10.8 Å². The lowest BCUT2D eigenvalue weighted by Gasteiger charge is -2.49. The van der Waals surface area contributed by atoms with Crippen molar-refractivity contribution in [3.63, 3.8) is 0 Å². The quantitative estimate of drug-likeness (QED) is 0.193. The van der Waals surface area contributed by atoms with Crippen molar-refractivity contribution >= 4 is 21.9 Å². The molecule has 9 rings (SSSR count). The number of aromatic nitrogens is 3. The molecule has 1 aliphatic carbocycles. The van der Waals surface area contributed by atoms with Crippen molar-refractivity contribution in [1.29, 1.82) is 0 Å². The van der Waals surface area contributed by atoms with Gasteiger partial charge >= 0.3 is 0 Å². The second-order valence-corrected chi connectivity index (χ2v) is 14.1. The van der Waals surface area contributed by atoms with Crippen molar-refractivity contribution in [2.24, 2.45) is 0 Å². The van der Waals surface area contributed by atoms with Gasteiger partial charge in [-0.25, -0.2) is 15.0 Å². The van der Waals surface area contributed by atoms with Gasteiger partial charge in [0.1, 0.15) is 11.2 Å². The van der Waals surface area contributed by atoms with Crippen LogP contribution in [0.25, 0.3) is 78.4 Å². The summed E-state index contributed by atoms with van der Waals surface area (Å²) in [6.07, 6.45) is 0. The first kappa shape index (κ1) is 29.3. The van der Waals surface area contributed by atoms with Crippen LogP contribution in [0, 0.1) is 0 Å². The molecule has 0 fully saturated rings. The molecule has 0 radical (unpaired) electrons. The summed E-state index contributed by atoms with van der Waals surface area (Å²) in [5.41, 5.74) is 11.9. The molecule has 0 atom stereocenters. The standard InChI is InChI=1S/C45H35N3O/c1-44(2)37-25-23-30(26-36(37)35-20-13-19-32(40(35)45(44,3)4)28-14-7-5-8-15-28)42-46-41(29-16-9-6-10-17-29)47-43(48-42)31-22-24-34-33-18-11-12-21-38(33)49-39(34)27-31/h5-27H,1-4H3. The summed E-state index contributed by atoms with van der Waals surface area (Å²) in [5.74, 6) is 1.88. The first-order valence-corrected chi connectivity index (χ1v) is 16.9. The maximum absolute atomic E-state index is 6.25. The van der Waals surface area contributed by atoms with E-state index in [4.69, 9.17) is 19.4 Å². The molecule has 0 N–H and O–H groups in total. The maximum Gasteiger partial charge on any atom is 0.164 e. The van der Waals surface area contributed by atoms with Gasteiger partial charge in [-0.2, -0.15) is 0 Å². The van der Waals surface area contributed by atoms with Crippen LogP contribution in [0.4, 0.5) is 0 Å². The van der Waals surface area contributed by atoms with Crippen LogP contribution in [0.15, 0.2) is 144 Å². The lowest BCUT2D eigenvalue weighted by Crippen LogP contribution is -2.44. The van der Waals surface area contributed by atoms with Gasteiger partial charge in [0.05, 0.1) is 0 Å². The van der Waals surface area contributed by atoms with Gasteiger partial charge in [0.15, 0.2) is 17.5 Å². The molecule has 0 aliphatic heterocycles. The lowest BCUT2D eigenvalue weighted by atomic mass is 9.54. The predicted molar refractivity (Wildman–Crippen MR) is 200 cm³/mol. The van der Waals surface area contributed by atoms with E-state index in [0.29, 0.717) is 17.5 Å². The number of para-hydroxylation sites is 1. The number of fused-ring (bicyclic) bond motifs is 6. The highest BCUT2D eigenvalue weighted by Gasteiger charge is 2.47. The third kappa shape index (κ3) is 4.55. The number of rotatable bonds is 4. The minimum atomic E-state index is -0.139. The average Bonchev–Trinajstić information content (AvgIpc) is 3.52. The first-order chi connectivity index (χ1) is 23.8. The Labute approximate surface area is 286 Å². The van der Waals surface area contributed by atoms with Gasteiger partial charge in [0.2, 0.25) is 0 Å². The van der Waals surface area contributed by atoms with Gasteiger partial charge in [-0.1, -0.05) is 143 Å². The topological polar surface area (TPSA) is 51.8 Å². The van der Waals surface area contributed by atoms with Crippen LogP contribution < -0.4 is 0 Å². The molecule has 2 heterocycles. The Morgan fingerprint density at radius 1 is 0.408 bits per heavy atom. The van der Waals surface area contributed by atoms with Gasteiger partial charge in [-0.15, -0.1) is 0 Å². The molecule has 0 amide bonds. The molecule has 8 aromatic rings. The number of benzene rings is 6. The molecule has 4 heteroatoms. The number of hydrogen-bond donors (Lipinski definition) is 0. The summed E-state index contributed by atoms with van der Waals surface area (Å²) < 4.78 is 6.25. The highest BCUT2D eigenvalue weighted by atomic mass is 16.3. The van der Waals surface area contributed by atoms with Crippen LogP contribution in [0.1, 0.15) is 38.8 Å². The minimum absolute atomic E-state index is 0.126. The zero-order chi connectivity index (χ0) is 33.3. The third-order valence-corrected chi connectivity index (χ3v) is 10.9. The molecular weight excluding hydrogens is 599 g/mol. The smallest absolute Gasteiger partial charge is 0.164 e. The van der Waals surface area contributed by atoms with Crippen molar-refractivity contribution in [2.45, 2.75) is 38.5 Å². The van der Waals surface area contributed by atoms with Gasteiger partial charge < -0.3 is 4.42 Å². The van der Waals surface area contributed by atoms with E-state index in [2.05, 4.69) is 113 Å². The zero-order valence-electron chi connectivity index (χ0n) is 28.0. The Kier molecular flexibility index (Phi) is 6.47. The first-order valence-electron chi connectivity index (χ1n) is 16.9. The maximum atomic E-state index is 6.25. The van der Waals surface area contributed by atoms with E-state index >= 15 is 0 Å². The second kappa shape index (κ2) is 10.8. The minimum Gasteiger partial charge on any atom is -0.456 e. The Balaban J connectivity index is 1.25. The molecule has 0 saturated heterocycles. The molecule has 2 aromatic heterocycles. The normalized spacial score (nSPS) is 14.4. The van der Waals surface area contributed by atoms with Crippen LogP contribution >= 0.6 is 0 Å². The fourth-order valence-electron chi connectivity index (χ4n) is 7.62. The SMILES string of the molecule is CC1(C)c2ccc(-c3nc(-c4ccccc4)nc(-c4ccc5c(c4)oc4ccccc45)n3)cc2-c2cccc(-c3ccccc3)c2C1(C)C. The molecule has 6 aromatic carbocycles. The molecule has 0 unspecified atom stereocenters. The summed E-state index contributed by atoms with van der Waals surface area (Å²) in [5, 5.41) is 2.17. The highest BCUT2D eigenvalue weighted by molar-refractivity contribution is 6.05. The third-order valence-electron chi connectivity index (χ3n) is 10.9. The Morgan fingerprint density at radius 3 is 1.71 bits per heavy atom. The molecule has 0 bridgehead atoms. The Hall–Kier alpha value is -5.87. The Bertz CT molecular complexity index is 2550. The van der Waals surface area contributed by atoms with Gasteiger partial charge in [-0.3, -0.25) is 0 Å². The van der Waals surface area contributed by atoms with Crippen molar-refractivity contribution in [2.75, 3.05) is 0 Å². The summed E-state index contributed by atoms with van der Waals surface area (Å²) in [7, 11) is 0. The fraction of sp³-hybridized carbons (Fsp3) is 0.133. The molecular formula is C45H35N3O. The van der Waals surface area contributed by atoms with E-state index in [1.54, 1.807) is 0 Å². The average molecular weight is 634 g/mol. The van der Waals surface area contributed by atoms with E-state index in [1.165, 1.54) is 33.4 Å². The van der Waals surface area contributed by atoms with Crippen LogP contribution in [0.5, 0.6) is 0 Å². The van der Waals surface area contributed by atoms with Gasteiger partial charge in [0.25, 0.3) is 0 Å². The summed E-state index contributed by atoms with van der Waals surface area (Å²) >= 11 is 0. The Morgan fingerprint density at radius 2 is 0.980 bits per heavy atom. The van der Waals surface area contributed by atoms with Crippen molar-refractivity contribution in [1.82, 2.24) is 15.0 Å². The largest absolute Gasteiger partial charge is 0.456 e. The molecule has 0 spiro atoms. The van der Waals surface area contributed by atoms with E-state index < -0.39 is 0 Å². The van der Waals surface area contributed by atoms with Crippen LogP contribution in [-0.4, -0.2) is 15.0 Å². The summed E-state index contributed by atoms with van der Waals surface area (Å²) in [6, 6.07) is 48.7.